The zero-order chi connectivity index (χ0) is 12.8. The van der Waals surface area contributed by atoms with Crippen LogP contribution >= 0.6 is 0 Å². The molecular formula is C14H30O2. The standard InChI is InChI=1S/C14H30O2/c1-12(2)8-9-14(5,6)16-11-10-13(3,4)15-7/h12H,8-11H2,1-7H3. The molecule has 0 radical (unpaired) electrons. The molecule has 2 nitrogen and oxygen atoms in total. The van der Waals surface area contributed by atoms with Crippen LogP contribution in [0.4, 0.5) is 0 Å². The highest BCUT2D eigenvalue weighted by Gasteiger charge is 2.21. The number of hydrogen-bond donors (Lipinski definition) is 0. The fourth-order valence-corrected chi connectivity index (χ4v) is 1.38. The van der Waals surface area contributed by atoms with Gasteiger partial charge in [-0.25, -0.2) is 0 Å². The maximum Gasteiger partial charge on any atom is 0.0644 e. The van der Waals surface area contributed by atoms with E-state index < -0.39 is 0 Å². The van der Waals surface area contributed by atoms with Gasteiger partial charge in [-0.05, 0) is 52.9 Å². The van der Waals surface area contributed by atoms with Gasteiger partial charge in [0.15, 0.2) is 0 Å². The first kappa shape index (κ1) is 15.9. The Morgan fingerprint density at radius 1 is 0.938 bits per heavy atom. The van der Waals surface area contributed by atoms with Crippen molar-refractivity contribution < 1.29 is 9.47 Å². The number of hydrogen-bond acceptors (Lipinski definition) is 2. The summed E-state index contributed by atoms with van der Waals surface area (Å²) in [5.74, 6) is 0.748. The quantitative estimate of drug-likeness (QED) is 0.626. The predicted molar refractivity (Wildman–Crippen MR) is 69.8 cm³/mol. The third-order valence-corrected chi connectivity index (χ3v) is 3.07. The van der Waals surface area contributed by atoms with Crippen molar-refractivity contribution in [3.8, 4) is 0 Å². The molecule has 0 spiro atoms. The summed E-state index contributed by atoms with van der Waals surface area (Å²) in [5, 5.41) is 0. The van der Waals surface area contributed by atoms with Crippen molar-refractivity contribution in [1.82, 2.24) is 0 Å². The van der Waals surface area contributed by atoms with Crippen LogP contribution in [0.2, 0.25) is 0 Å². The predicted octanol–water partition coefficient (Wildman–Crippen LogP) is 4.03. The number of ether oxygens (including phenoxy) is 2. The first-order valence-corrected chi connectivity index (χ1v) is 6.38. The molecule has 0 heterocycles. The maximum absolute atomic E-state index is 5.94. The van der Waals surface area contributed by atoms with Crippen molar-refractivity contribution in [3.05, 3.63) is 0 Å². The largest absolute Gasteiger partial charge is 0.379 e. The molecule has 0 aromatic carbocycles. The molecular weight excluding hydrogens is 200 g/mol. The zero-order valence-electron chi connectivity index (χ0n) is 12.2. The van der Waals surface area contributed by atoms with Crippen LogP contribution in [0.3, 0.4) is 0 Å². The molecule has 0 unspecified atom stereocenters. The van der Waals surface area contributed by atoms with Crippen molar-refractivity contribution in [2.75, 3.05) is 13.7 Å². The van der Waals surface area contributed by atoms with Crippen LogP contribution in [-0.2, 0) is 9.47 Å². The Bertz CT molecular complexity index is 183. The van der Waals surface area contributed by atoms with Gasteiger partial charge in [-0.2, -0.15) is 0 Å². The average molecular weight is 230 g/mol. The van der Waals surface area contributed by atoms with Crippen LogP contribution in [0, 0.1) is 5.92 Å². The lowest BCUT2D eigenvalue weighted by Gasteiger charge is -2.29. The van der Waals surface area contributed by atoms with E-state index in [1.165, 1.54) is 6.42 Å². The summed E-state index contributed by atoms with van der Waals surface area (Å²) >= 11 is 0. The first-order chi connectivity index (χ1) is 7.18. The Morgan fingerprint density at radius 2 is 1.50 bits per heavy atom. The van der Waals surface area contributed by atoms with Gasteiger partial charge in [0.1, 0.15) is 0 Å². The highest BCUT2D eigenvalue weighted by atomic mass is 16.5. The molecule has 0 saturated heterocycles. The van der Waals surface area contributed by atoms with Gasteiger partial charge in [0.25, 0.3) is 0 Å². The van der Waals surface area contributed by atoms with Gasteiger partial charge >= 0.3 is 0 Å². The van der Waals surface area contributed by atoms with Gasteiger partial charge < -0.3 is 9.47 Å². The molecule has 2 heteroatoms. The minimum Gasteiger partial charge on any atom is -0.379 e. The summed E-state index contributed by atoms with van der Waals surface area (Å²) in [5.41, 5.74) is -0.0811. The summed E-state index contributed by atoms with van der Waals surface area (Å²) in [7, 11) is 1.75. The monoisotopic (exact) mass is 230 g/mol. The SMILES string of the molecule is COC(C)(C)CCOC(C)(C)CCC(C)C. The van der Waals surface area contributed by atoms with Gasteiger partial charge in [-0.3, -0.25) is 0 Å². The lowest BCUT2D eigenvalue weighted by Crippen LogP contribution is -2.30. The molecule has 0 aromatic heterocycles. The Morgan fingerprint density at radius 3 is 1.94 bits per heavy atom. The minimum absolute atomic E-state index is 0.00586. The molecule has 0 atom stereocenters. The molecule has 0 aliphatic heterocycles. The molecule has 0 aliphatic carbocycles. The highest BCUT2D eigenvalue weighted by molar-refractivity contribution is 4.72. The summed E-state index contributed by atoms with van der Waals surface area (Å²) in [4.78, 5) is 0. The highest BCUT2D eigenvalue weighted by Crippen LogP contribution is 2.22. The number of methoxy groups -OCH3 is 1. The second-order valence-electron chi connectivity index (χ2n) is 6.25. The van der Waals surface area contributed by atoms with Crippen LogP contribution in [0.15, 0.2) is 0 Å². The lowest BCUT2D eigenvalue weighted by molar-refractivity contribution is -0.0627. The fraction of sp³-hybridized carbons (Fsp3) is 1.00. The van der Waals surface area contributed by atoms with Crippen LogP contribution in [0.25, 0.3) is 0 Å². The van der Waals surface area contributed by atoms with E-state index in [1.807, 2.05) is 0 Å². The summed E-state index contributed by atoms with van der Waals surface area (Å²) in [6.07, 6.45) is 3.29. The third-order valence-electron chi connectivity index (χ3n) is 3.07. The molecule has 0 fully saturated rings. The van der Waals surface area contributed by atoms with Crippen molar-refractivity contribution in [1.29, 1.82) is 0 Å². The van der Waals surface area contributed by atoms with E-state index in [1.54, 1.807) is 7.11 Å². The van der Waals surface area contributed by atoms with Gasteiger partial charge in [0.05, 0.1) is 17.8 Å². The third kappa shape index (κ3) is 8.12. The zero-order valence-corrected chi connectivity index (χ0v) is 12.2. The van der Waals surface area contributed by atoms with Gasteiger partial charge in [-0.15, -0.1) is 0 Å². The van der Waals surface area contributed by atoms with E-state index >= 15 is 0 Å². The smallest absolute Gasteiger partial charge is 0.0644 e. The molecule has 0 amide bonds. The summed E-state index contributed by atoms with van der Waals surface area (Å²) in [6.45, 7) is 13.8. The molecule has 0 N–H and O–H groups in total. The molecule has 98 valence electrons. The molecule has 0 aliphatic rings. The molecule has 0 aromatic rings. The van der Waals surface area contributed by atoms with Crippen molar-refractivity contribution in [2.45, 2.75) is 72.0 Å². The maximum atomic E-state index is 5.94. The molecule has 0 rings (SSSR count). The van der Waals surface area contributed by atoms with E-state index in [2.05, 4.69) is 41.5 Å². The van der Waals surface area contributed by atoms with Gasteiger partial charge in [0, 0.05) is 7.11 Å². The Hall–Kier alpha value is -0.0800. The normalized spacial score (nSPS) is 13.5. The number of rotatable bonds is 8. The lowest BCUT2D eigenvalue weighted by atomic mass is 9.96. The molecule has 0 saturated carbocycles. The van der Waals surface area contributed by atoms with Crippen molar-refractivity contribution in [2.24, 2.45) is 5.92 Å². The second-order valence-corrected chi connectivity index (χ2v) is 6.25. The summed E-state index contributed by atoms with van der Waals surface area (Å²) in [6, 6.07) is 0. The topological polar surface area (TPSA) is 18.5 Å². The average Bonchev–Trinajstić information content (AvgIpc) is 2.14. The second kappa shape index (κ2) is 6.61. The molecule has 0 bridgehead atoms. The molecule has 16 heavy (non-hydrogen) atoms. The van der Waals surface area contributed by atoms with E-state index in [9.17, 15) is 0 Å². The van der Waals surface area contributed by atoms with Crippen LogP contribution in [-0.4, -0.2) is 24.9 Å². The van der Waals surface area contributed by atoms with Crippen molar-refractivity contribution in [3.63, 3.8) is 0 Å². The minimum atomic E-state index is -0.0753. The van der Waals surface area contributed by atoms with E-state index in [0.29, 0.717) is 0 Å². The van der Waals surface area contributed by atoms with Crippen molar-refractivity contribution >= 4 is 0 Å². The fourth-order valence-electron chi connectivity index (χ4n) is 1.38. The van der Waals surface area contributed by atoms with E-state index in [-0.39, 0.29) is 11.2 Å². The Kier molecular flexibility index (Phi) is 6.57. The van der Waals surface area contributed by atoms with Crippen LogP contribution < -0.4 is 0 Å². The summed E-state index contributed by atoms with van der Waals surface area (Å²) < 4.78 is 11.3. The van der Waals surface area contributed by atoms with Gasteiger partial charge in [0.2, 0.25) is 0 Å². The van der Waals surface area contributed by atoms with E-state index in [4.69, 9.17) is 9.47 Å². The van der Waals surface area contributed by atoms with Gasteiger partial charge in [-0.1, -0.05) is 13.8 Å². The Labute approximate surface area is 102 Å². The van der Waals surface area contributed by atoms with Crippen LogP contribution in [0.1, 0.15) is 60.8 Å². The first-order valence-electron chi connectivity index (χ1n) is 6.38. The Balaban J connectivity index is 3.82. The van der Waals surface area contributed by atoms with Crippen LogP contribution in [0.5, 0.6) is 0 Å². The van der Waals surface area contributed by atoms with E-state index in [0.717, 1.165) is 25.4 Å².